The van der Waals surface area contributed by atoms with Crippen LogP contribution in [-0.2, 0) is 13.1 Å². The molecule has 0 bridgehead atoms. The molecule has 2 aromatic carbocycles. The summed E-state index contributed by atoms with van der Waals surface area (Å²) in [6, 6.07) is 18.4. The van der Waals surface area contributed by atoms with Crippen LogP contribution in [0.4, 0.5) is 0 Å². The van der Waals surface area contributed by atoms with Gasteiger partial charge in [0.2, 0.25) is 5.91 Å². The van der Waals surface area contributed by atoms with E-state index in [0.29, 0.717) is 18.2 Å². The maximum atomic E-state index is 11.3. The van der Waals surface area contributed by atoms with E-state index in [0.717, 1.165) is 31.2 Å². The second-order valence-electron chi connectivity index (χ2n) is 7.12. The Hall–Kier alpha value is -2.86. The van der Waals surface area contributed by atoms with Gasteiger partial charge in [0.25, 0.3) is 0 Å². The molecule has 148 valence electrons. The van der Waals surface area contributed by atoms with Crippen molar-refractivity contribution >= 4 is 11.9 Å². The van der Waals surface area contributed by atoms with Crippen LogP contribution in [0.3, 0.4) is 0 Å². The molecule has 1 fully saturated rings. The fraction of sp³-hybridized carbons (Fsp3) is 0.364. The third-order valence-electron chi connectivity index (χ3n) is 5.13. The number of nitrogens with one attached hydrogen (secondary N) is 2. The van der Waals surface area contributed by atoms with Crippen molar-refractivity contribution in [3.63, 3.8) is 0 Å². The van der Waals surface area contributed by atoms with Crippen molar-refractivity contribution in [3.8, 4) is 0 Å². The van der Waals surface area contributed by atoms with Gasteiger partial charge in [-0.05, 0) is 42.6 Å². The number of hydrogen-bond donors (Lipinski definition) is 3. The zero-order chi connectivity index (χ0) is 19.8. The number of nitrogens with zero attached hydrogens (tertiary/aromatic N) is 2. The summed E-state index contributed by atoms with van der Waals surface area (Å²) in [6.07, 6.45) is 2.42. The number of benzene rings is 2. The number of carbonyl (C=O) groups excluding carboxylic acids is 1. The molecule has 6 heteroatoms. The van der Waals surface area contributed by atoms with Crippen molar-refractivity contribution in [1.82, 2.24) is 15.5 Å². The average Bonchev–Trinajstić information content (AvgIpc) is 3.16. The number of guanidine groups is 1. The van der Waals surface area contributed by atoms with Crippen LogP contribution in [0, 0.1) is 0 Å². The first-order valence-electron chi connectivity index (χ1n) is 9.77. The van der Waals surface area contributed by atoms with Gasteiger partial charge < -0.3 is 16.4 Å². The quantitative estimate of drug-likeness (QED) is 0.508. The molecule has 0 spiro atoms. The highest BCUT2D eigenvalue weighted by Crippen LogP contribution is 2.19. The molecule has 28 heavy (non-hydrogen) atoms. The Balaban J connectivity index is 1.49. The molecule has 0 aromatic heterocycles. The van der Waals surface area contributed by atoms with Gasteiger partial charge in [0.05, 0.1) is 0 Å². The molecular weight excluding hydrogens is 350 g/mol. The summed E-state index contributed by atoms with van der Waals surface area (Å²) >= 11 is 0. The number of amides is 1. The Bertz CT molecular complexity index is 806. The monoisotopic (exact) mass is 379 g/mol. The van der Waals surface area contributed by atoms with Gasteiger partial charge in [0.15, 0.2) is 5.96 Å². The smallest absolute Gasteiger partial charge is 0.248 e. The highest BCUT2D eigenvalue weighted by molar-refractivity contribution is 5.92. The lowest BCUT2D eigenvalue weighted by Crippen LogP contribution is -2.44. The van der Waals surface area contributed by atoms with Crippen molar-refractivity contribution < 1.29 is 4.79 Å². The minimum absolute atomic E-state index is 0.413. The van der Waals surface area contributed by atoms with Gasteiger partial charge in [-0.3, -0.25) is 14.7 Å². The van der Waals surface area contributed by atoms with Crippen LogP contribution in [0.2, 0.25) is 0 Å². The third-order valence-corrected chi connectivity index (χ3v) is 5.13. The molecule has 1 amide bonds. The van der Waals surface area contributed by atoms with Gasteiger partial charge in [-0.25, -0.2) is 0 Å². The normalized spacial score (nSPS) is 17.5. The first-order valence-corrected chi connectivity index (χ1v) is 9.77. The Morgan fingerprint density at radius 1 is 1.14 bits per heavy atom. The van der Waals surface area contributed by atoms with Gasteiger partial charge in [-0.15, -0.1) is 0 Å². The average molecular weight is 380 g/mol. The van der Waals surface area contributed by atoms with Gasteiger partial charge in [0, 0.05) is 38.3 Å². The summed E-state index contributed by atoms with van der Waals surface area (Å²) < 4.78 is 0. The summed E-state index contributed by atoms with van der Waals surface area (Å²) in [7, 11) is 1.77. The van der Waals surface area contributed by atoms with E-state index in [1.807, 2.05) is 12.1 Å². The van der Waals surface area contributed by atoms with Crippen LogP contribution < -0.4 is 16.4 Å². The van der Waals surface area contributed by atoms with Crippen molar-refractivity contribution in [3.05, 3.63) is 71.3 Å². The molecule has 2 aromatic rings. The molecule has 1 heterocycles. The van der Waals surface area contributed by atoms with E-state index >= 15 is 0 Å². The highest BCUT2D eigenvalue weighted by Gasteiger charge is 2.24. The molecule has 1 aliphatic heterocycles. The second kappa shape index (κ2) is 9.90. The van der Waals surface area contributed by atoms with Crippen LogP contribution in [-0.4, -0.2) is 42.9 Å². The fourth-order valence-electron chi connectivity index (χ4n) is 3.61. The maximum Gasteiger partial charge on any atom is 0.248 e. The zero-order valence-corrected chi connectivity index (χ0v) is 16.4. The van der Waals surface area contributed by atoms with Gasteiger partial charge in [0.1, 0.15) is 0 Å². The lowest BCUT2D eigenvalue weighted by atomic mass is 10.1. The van der Waals surface area contributed by atoms with E-state index in [-0.39, 0.29) is 0 Å². The molecule has 0 saturated carbocycles. The number of rotatable bonds is 7. The number of aliphatic imine (C=N–C) groups is 1. The first-order chi connectivity index (χ1) is 13.7. The minimum Gasteiger partial charge on any atom is -0.366 e. The highest BCUT2D eigenvalue weighted by atomic mass is 16.1. The van der Waals surface area contributed by atoms with Gasteiger partial charge >= 0.3 is 0 Å². The SMILES string of the molecule is CN=C(NCc1cccc(C(N)=O)c1)NCC1CCCN1Cc1ccccc1. The lowest BCUT2D eigenvalue weighted by molar-refractivity contribution is 0.1000. The van der Waals surface area contributed by atoms with Gasteiger partial charge in [-0.2, -0.15) is 0 Å². The van der Waals surface area contributed by atoms with Crippen molar-refractivity contribution in [2.75, 3.05) is 20.1 Å². The Morgan fingerprint density at radius 3 is 2.68 bits per heavy atom. The van der Waals surface area contributed by atoms with E-state index in [1.165, 1.54) is 18.4 Å². The lowest BCUT2D eigenvalue weighted by Gasteiger charge is -2.25. The van der Waals surface area contributed by atoms with Crippen molar-refractivity contribution in [2.24, 2.45) is 10.7 Å². The molecule has 1 saturated heterocycles. The summed E-state index contributed by atoms with van der Waals surface area (Å²) in [4.78, 5) is 18.2. The van der Waals surface area contributed by atoms with Gasteiger partial charge in [-0.1, -0.05) is 42.5 Å². The predicted octanol–water partition coefficient (Wildman–Crippen LogP) is 2.12. The maximum absolute atomic E-state index is 11.3. The Morgan fingerprint density at radius 2 is 1.93 bits per heavy atom. The second-order valence-corrected chi connectivity index (χ2v) is 7.12. The number of carbonyl (C=O) groups is 1. The van der Waals surface area contributed by atoms with E-state index in [4.69, 9.17) is 5.73 Å². The number of primary amides is 1. The molecule has 1 unspecified atom stereocenters. The van der Waals surface area contributed by atoms with Crippen LogP contribution in [0.25, 0.3) is 0 Å². The van der Waals surface area contributed by atoms with E-state index in [9.17, 15) is 4.79 Å². The van der Waals surface area contributed by atoms with Crippen LogP contribution >= 0.6 is 0 Å². The first kappa shape index (κ1) is 19.9. The number of nitrogens with two attached hydrogens (primary N) is 1. The predicted molar refractivity (Wildman–Crippen MR) is 113 cm³/mol. The summed E-state index contributed by atoms with van der Waals surface area (Å²) in [5, 5.41) is 6.75. The molecule has 0 aliphatic carbocycles. The van der Waals surface area contributed by atoms with E-state index in [1.54, 1.807) is 19.2 Å². The van der Waals surface area contributed by atoms with E-state index < -0.39 is 5.91 Å². The standard InChI is InChI=1S/C22H29N5O/c1-24-22(25-14-18-9-5-10-19(13-18)21(23)28)26-15-20-11-6-12-27(20)16-17-7-3-2-4-8-17/h2-5,7-10,13,20H,6,11-12,14-16H2,1H3,(H2,23,28)(H2,24,25,26). The van der Waals surface area contributed by atoms with Crippen molar-refractivity contribution in [1.29, 1.82) is 0 Å². The molecule has 6 nitrogen and oxygen atoms in total. The summed E-state index contributed by atoms with van der Waals surface area (Å²) in [5.74, 6) is 0.347. The molecular formula is C22H29N5O. The molecule has 1 aliphatic rings. The van der Waals surface area contributed by atoms with Crippen LogP contribution in [0.1, 0.15) is 34.3 Å². The number of hydrogen-bond acceptors (Lipinski definition) is 3. The molecule has 4 N–H and O–H groups in total. The number of likely N-dealkylation sites (tertiary alicyclic amines) is 1. The largest absolute Gasteiger partial charge is 0.366 e. The Labute approximate surface area is 166 Å². The summed E-state index contributed by atoms with van der Waals surface area (Å²) in [5.41, 5.74) is 8.21. The van der Waals surface area contributed by atoms with E-state index in [2.05, 4.69) is 50.9 Å². The minimum atomic E-state index is -0.413. The fourth-order valence-corrected chi connectivity index (χ4v) is 3.61. The topological polar surface area (TPSA) is 82.7 Å². The Kier molecular flexibility index (Phi) is 7.03. The van der Waals surface area contributed by atoms with Crippen LogP contribution in [0.5, 0.6) is 0 Å². The molecule has 0 radical (unpaired) electrons. The summed E-state index contributed by atoms with van der Waals surface area (Å²) in [6.45, 7) is 3.55. The third kappa shape index (κ3) is 5.57. The molecule has 1 atom stereocenters. The van der Waals surface area contributed by atoms with Crippen LogP contribution in [0.15, 0.2) is 59.6 Å². The van der Waals surface area contributed by atoms with Crippen molar-refractivity contribution in [2.45, 2.75) is 32.0 Å². The zero-order valence-electron chi connectivity index (χ0n) is 16.4. The molecule has 3 rings (SSSR count).